The molecule has 4 rings (SSSR count). The molecule has 0 radical (unpaired) electrons. The Balaban J connectivity index is 1.46. The van der Waals surface area contributed by atoms with Gasteiger partial charge in [-0.25, -0.2) is 9.59 Å². The van der Waals surface area contributed by atoms with E-state index in [1.807, 2.05) is 31.2 Å². The number of likely N-dealkylation sites (tertiary alicyclic amines) is 1. The fraction of sp³-hybridized carbons (Fsp3) is 0.444. The standard InChI is InChI=1S/C27H32N2O5/c1-3-17(2)24(26(31)32)28-25(30)23-14-8-9-15-29(23)27(33)34-16-22-20-12-6-4-10-18(20)19-11-5-7-13-21(19)22/h4-7,10-13,17,22-24H,3,8-9,14-16H2,1-2H3,(H,28,30)(H,31,32)/t17-,23+,24-/m1/s1. The fourth-order valence-corrected chi connectivity index (χ4v) is 5.03. The zero-order valence-corrected chi connectivity index (χ0v) is 19.7. The average molecular weight is 465 g/mol. The monoisotopic (exact) mass is 464 g/mol. The lowest BCUT2D eigenvalue weighted by Gasteiger charge is -2.35. The van der Waals surface area contributed by atoms with Crippen LogP contribution in [0.25, 0.3) is 11.1 Å². The van der Waals surface area contributed by atoms with Gasteiger partial charge >= 0.3 is 12.1 Å². The second-order valence-electron chi connectivity index (χ2n) is 9.22. The predicted octanol–water partition coefficient (Wildman–Crippen LogP) is 4.41. The third kappa shape index (κ3) is 4.65. The number of benzene rings is 2. The van der Waals surface area contributed by atoms with Crippen LogP contribution in [-0.2, 0) is 14.3 Å². The molecule has 3 atom stereocenters. The van der Waals surface area contributed by atoms with Gasteiger partial charge in [0.15, 0.2) is 0 Å². The van der Waals surface area contributed by atoms with Crippen molar-refractivity contribution >= 4 is 18.0 Å². The second kappa shape index (κ2) is 10.3. The highest BCUT2D eigenvalue weighted by atomic mass is 16.6. The topological polar surface area (TPSA) is 95.9 Å². The maximum atomic E-state index is 13.1. The first-order chi connectivity index (χ1) is 16.4. The van der Waals surface area contributed by atoms with E-state index in [2.05, 4.69) is 29.6 Å². The lowest BCUT2D eigenvalue weighted by Crippen LogP contribution is -2.56. The summed E-state index contributed by atoms with van der Waals surface area (Å²) in [6, 6.07) is 14.6. The Bertz CT molecular complexity index is 1020. The van der Waals surface area contributed by atoms with Crippen LogP contribution in [0.15, 0.2) is 48.5 Å². The number of amides is 2. The van der Waals surface area contributed by atoms with Gasteiger partial charge in [0, 0.05) is 12.5 Å². The van der Waals surface area contributed by atoms with E-state index in [1.54, 1.807) is 6.92 Å². The van der Waals surface area contributed by atoms with Gasteiger partial charge in [0.05, 0.1) is 0 Å². The zero-order valence-electron chi connectivity index (χ0n) is 19.7. The van der Waals surface area contributed by atoms with E-state index in [4.69, 9.17) is 4.74 Å². The number of carboxylic acid groups (broad SMARTS) is 1. The molecule has 0 unspecified atom stereocenters. The lowest BCUT2D eigenvalue weighted by molar-refractivity contribution is -0.144. The van der Waals surface area contributed by atoms with E-state index in [-0.39, 0.29) is 18.4 Å². The van der Waals surface area contributed by atoms with Crippen molar-refractivity contribution in [1.82, 2.24) is 10.2 Å². The van der Waals surface area contributed by atoms with E-state index in [0.29, 0.717) is 19.4 Å². The van der Waals surface area contributed by atoms with Crippen molar-refractivity contribution in [3.05, 3.63) is 59.7 Å². The van der Waals surface area contributed by atoms with Crippen LogP contribution in [-0.4, -0.2) is 53.2 Å². The highest BCUT2D eigenvalue weighted by Crippen LogP contribution is 2.44. The van der Waals surface area contributed by atoms with Crippen molar-refractivity contribution in [3.63, 3.8) is 0 Å². The van der Waals surface area contributed by atoms with E-state index in [9.17, 15) is 19.5 Å². The molecule has 1 aliphatic heterocycles. The number of fused-ring (bicyclic) bond motifs is 3. The molecule has 0 saturated carbocycles. The molecule has 0 spiro atoms. The van der Waals surface area contributed by atoms with Crippen LogP contribution in [0.2, 0.25) is 0 Å². The highest BCUT2D eigenvalue weighted by Gasteiger charge is 2.37. The SMILES string of the molecule is CC[C@@H](C)[C@@H](NC(=O)[C@@H]1CCCCN1C(=O)OCC1c2ccccc2-c2ccccc21)C(=O)O. The van der Waals surface area contributed by atoms with Crippen molar-refractivity contribution in [3.8, 4) is 11.1 Å². The molecule has 1 saturated heterocycles. The number of carboxylic acids is 1. The van der Waals surface area contributed by atoms with Gasteiger partial charge in [-0.3, -0.25) is 9.69 Å². The third-order valence-electron chi connectivity index (χ3n) is 7.15. The molecule has 2 amide bonds. The molecule has 2 aromatic carbocycles. The van der Waals surface area contributed by atoms with Gasteiger partial charge in [0.1, 0.15) is 18.7 Å². The maximum Gasteiger partial charge on any atom is 0.410 e. The van der Waals surface area contributed by atoms with Crippen molar-refractivity contribution in [1.29, 1.82) is 0 Å². The summed E-state index contributed by atoms with van der Waals surface area (Å²) in [6.07, 6.45) is 2.16. The molecule has 34 heavy (non-hydrogen) atoms. The predicted molar refractivity (Wildman–Crippen MR) is 128 cm³/mol. The Morgan fingerprint density at radius 1 is 1.06 bits per heavy atom. The molecule has 7 nitrogen and oxygen atoms in total. The normalized spacial score (nSPS) is 19.0. The molecule has 180 valence electrons. The Labute approximate surface area is 200 Å². The maximum absolute atomic E-state index is 13.1. The fourth-order valence-electron chi connectivity index (χ4n) is 5.03. The average Bonchev–Trinajstić information content (AvgIpc) is 3.18. The third-order valence-corrected chi connectivity index (χ3v) is 7.15. The van der Waals surface area contributed by atoms with Crippen LogP contribution in [0.4, 0.5) is 4.79 Å². The summed E-state index contributed by atoms with van der Waals surface area (Å²) in [5.74, 6) is -1.77. The summed E-state index contributed by atoms with van der Waals surface area (Å²) in [6.45, 7) is 4.28. The van der Waals surface area contributed by atoms with Gasteiger partial charge < -0.3 is 15.2 Å². The number of hydrogen-bond donors (Lipinski definition) is 2. The summed E-state index contributed by atoms with van der Waals surface area (Å²) >= 11 is 0. The Kier molecular flexibility index (Phi) is 7.20. The number of piperidine rings is 1. The summed E-state index contributed by atoms with van der Waals surface area (Å²) in [7, 11) is 0. The molecule has 2 aliphatic rings. The summed E-state index contributed by atoms with van der Waals surface area (Å²) in [5.41, 5.74) is 4.56. The van der Waals surface area contributed by atoms with Crippen molar-refractivity contribution in [2.24, 2.45) is 5.92 Å². The molecular formula is C27H32N2O5. The smallest absolute Gasteiger partial charge is 0.410 e. The molecule has 0 bridgehead atoms. The van der Waals surface area contributed by atoms with Gasteiger partial charge in [-0.05, 0) is 47.4 Å². The molecule has 1 fully saturated rings. The Hall–Kier alpha value is -3.35. The first-order valence-electron chi connectivity index (χ1n) is 12.1. The van der Waals surface area contributed by atoms with Gasteiger partial charge in [-0.2, -0.15) is 0 Å². The van der Waals surface area contributed by atoms with Crippen LogP contribution >= 0.6 is 0 Å². The first-order valence-corrected chi connectivity index (χ1v) is 12.1. The van der Waals surface area contributed by atoms with E-state index < -0.39 is 30.1 Å². The number of hydrogen-bond acceptors (Lipinski definition) is 4. The lowest BCUT2D eigenvalue weighted by atomic mass is 9.97. The summed E-state index contributed by atoms with van der Waals surface area (Å²) in [5, 5.41) is 12.2. The minimum Gasteiger partial charge on any atom is -0.480 e. The van der Waals surface area contributed by atoms with Crippen LogP contribution in [0.5, 0.6) is 0 Å². The zero-order chi connectivity index (χ0) is 24.2. The number of aliphatic carboxylic acids is 1. The molecule has 2 aromatic rings. The first kappa shape index (κ1) is 23.8. The van der Waals surface area contributed by atoms with Crippen LogP contribution < -0.4 is 5.32 Å². The van der Waals surface area contributed by atoms with Gasteiger partial charge in [0.25, 0.3) is 0 Å². The molecule has 2 N–H and O–H groups in total. The van der Waals surface area contributed by atoms with Crippen LogP contribution in [0, 0.1) is 5.92 Å². The largest absolute Gasteiger partial charge is 0.480 e. The molecule has 0 aromatic heterocycles. The van der Waals surface area contributed by atoms with E-state index >= 15 is 0 Å². The molecule has 1 heterocycles. The van der Waals surface area contributed by atoms with Crippen LogP contribution in [0.1, 0.15) is 56.6 Å². The number of rotatable bonds is 7. The Morgan fingerprint density at radius 2 is 1.68 bits per heavy atom. The van der Waals surface area contributed by atoms with Gasteiger partial charge in [-0.1, -0.05) is 68.8 Å². The highest BCUT2D eigenvalue weighted by molar-refractivity contribution is 5.89. The van der Waals surface area contributed by atoms with Crippen molar-refractivity contribution < 1.29 is 24.2 Å². The quantitative estimate of drug-likeness (QED) is 0.633. The number of ether oxygens (including phenoxy) is 1. The minimum absolute atomic E-state index is 0.0600. The van der Waals surface area contributed by atoms with Crippen molar-refractivity contribution in [2.75, 3.05) is 13.2 Å². The van der Waals surface area contributed by atoms with E-state index in [0.717, 1.165) is 35.1 Å². The second-order valence-corrected chi connectivity index (χ2v) is 9.22. The Morgan fingerprint density at radius 3 is 2.26 bits per heavy atom. The number of carbonyl (C=O) groups is 3. The van der Waals surface area contributed by atoms with Crippen LogP contribution in [0.3, 0.4) is 0 Å². The van der Waals surface area contributed by atoms with Gasteiger partial charge in [-0.15, -0.1) is 0 Å². The molecular weight excluding hydrogens is 432 g/mol. The number of nitrogens with one attached hydrogen (secondary N) is 1. The van der Waals surface area contributed by atoms with E-state index in [1.165, 1.54) is 4.90 Å². The molecule has 7 heteroatoms. The summed E-state index contributed by atoms with van der Waals surface area (Å²) in [4.78, 5) is 39.2. The van der Waals surface area contributed by atoms with Gasteiger partial charge in [0.2, 0.25) is 5.91 Å². The molecule has 1 aliphatic carbocycles. The van der Waals surface area contributed by atoms with Crippen molar-refractivity contribution in [2.45, 2.75) is 57.5 Å². The number of carbonyl (C=O) groups excluding carboxylic acids is 2. The summed E-state index contributed by atoms with van der Waals surface area (Å²) < 4.78 is 5.77. The number of nitrogens with zero attached hydrogens (tertiary/aromatic N) is 1. The minimum atomic E-state index is -1.06.